The second kappa shape index (κ2) is 5.48. The quantitative estimate of drug-likeness (QED) is 0.639. The van der Waals surface area contributed by atoms with Crippen LogP contribution in [-0.2, 0) is 20.3 Å². The molecular weight excluding hydrogens is 306 g/mol. The van der Waals surface area contributed by atoms with Crippen molar-refractivity contribution >= 4 is 27.5 Å². The van der Waals surface area contributed by atoms with E-state index in [9.17, 15) is 17.8 Å². The van der Waals surface area contributed by atoms with Gasteiger partial charge in [0, 0.05) is 25.0 Å². The molecular formula is C15H20NO5S+. The largest absolute Gasteiger partial charge is 0.481 e. The third-order valence-electron chi connectivity index (χ3n) is 4.31. The van der Waals surface area contributed by atoms with Crippen LogP contribution >= 0.6 is 0 Å². The number of carboxylic acid groups (broad SMARTS) is 1. The van der Waals surface area contributed by atoms with E-state index in [1.807, 2.05) is 25.3 Å². The second-order valence-corrected chi connectivity index (χ2v) is 7.43. The molecule has 1 heterocycles. The summed E-state index contributed by atoms with van der Waals surface area (Å²) in [5.41, 5.74) is 2.33. The lowest BCUT2D eigenvalue weighted by Gasteiger charge is -2.15. The van der Waals surface area contributed by atoms with Crippen molar-refractivity contribution in [2.24, 2.45) is 0 Å². The molecule has 1 aliphatic rings. The van der Waals surface area contributed by atoms with Gasteiger partial charge in [-0.25, -0.2) is 0 Å². The zero-order valence-electron chi connectivity index (χ0n) is 12.8. The van der Waals surface area contributed by atoms with Gasteiger partial charge in [0.25, 0.3) is 10.1 Å². The van der Waals surface area contributed by atoms with Crippen LogP contribution in [-0.4, -0.2) is 40.9 Å². The van der Waals surface area contributed by atoms with Gasteiger partial charge in [0.2, 0.25) is 5.69 Å². The SMILES string of the molecule is CC1=[N+](CCCC(=O)O)c2ccc(S(=O)(=O)O)cc2C1(C)C. The number of rotatable bonds is 5. The Morgan fingerprint density at radius 2 is 1.95 bits per heavy atom. The third kappa shape index (κ3) is 2.91. The van der Waals surface area contributed by atoms with Crippen LogP contribution in [0.3, 0.4) is 0 Å². The van der Waals surface area contributed by atoms with Crippen LogP contribution in [0.4, 0.5) is 5.69 Å². The van der Waals surface area contributed by atoms with E-state index in [4.69, 9.17) is 5.11 Å². The Hall–Kier alpha value is -1.73. The molecule has 0 unspecified atom stereocenters. The number of hydrogen-bond donors (Lipinski definition) is 2. The van der Waals surface area contributed by atoms with Gasteiger partial charge in [-0.05, 0) is 26.0 Å². The average Bonchev–Trinajstić information content (AvgIpc) is 2.58. The van der Waals surface area contributed by atoms with Crippen LogP contribution in [0.2, 0.25) is 0 Å². The molecule has 2 rings (SSSR count). The predicted octanol–water partition coefficient (Wildman–Crippen LogP) is 2.19. The zero-order valence-corrected chi connectivity index (χ0v) is 13.6. The van der Waals surface area contributed by atoms with Crippen LogP contribution in [0.15, 0.2) is 23.1 Å². The molecule has 0 saturated heterocycles. The van der Waals surface area contributed by atoms with Gasteiger partial charge < -0.3 is 5.11 Å². The highest BCUT2D eigenvalue weighted by Gasteiger charge is 2.43. The van der Waals surface area contributed by atoms with Crippen LogP contribution in [0.5, 0.6) is 0 Å². The standard InChI is InChI=1S/C15H19NO5S/c1-10-15(2,3)12-9-11(22(19,20)21)6-7-13(12)16(10)8-4-5-14(17)18/h6-7,9H,4-5,8H2,1-3H3,(H-,17,18,19,20,21)/p+1. The third-order valence-corrected chi connectivity index (χ3v) is 5.16. The van der Waals surface area contributed by atoms with E-state index in [0.717, 1.165) is 17.0 Å². The summed E-state index contributed by atoms with van der Waals surface area (Å²) in [6, 6.07) is 4.52. The first-order valence-electron chi connectivity index (χ1n) is 7.00. The van der Waals surface area contributed by atoms with E-state index in [1.54, 1.807) is 6.07 Å². The minimum absolute atomic E-state index is 0.0860. The smallest absolute Gasteiger partial charge is 0.303 e. The Bertz CT molecular complexity index is 762. The number of carbonyl (C=O) groups is 1. The first-order chi connectivity index (χ1) is 10.0. The summed E-state index contributed by atoms with van der Waals surface area (Å²) in [7, 11) is -4.24. The van der Waals surface area contributed by atoms with Crippen molar-refractivity contribution in [1.82, 2.24) is 0 Å². The van der Waals surface area contributed by atoms with Crippen molar-refractivity contribution in [3.8, 4) is 0 Å². The zero-order chi connectivity index (χ0) is 16.7. The van der Waals surface area contributed by atoms with E-state index in [1.165, 1.54) is 12.1 Å². The number of fused-ring (bicyclic) bond motifs is 1. The predicted molar refractivity (Wildman–Crippen MR) is 81.6 cm³/mol. The first-order valence-corrected chi connectivity index (χ1v) is 8.44. The number of benzene rings is 1. The maximum absolute atomic E-state index is 11.3. The summed E-state index contributed by atoms with van der Waals surface area (Å²) in [5, 5.41) is 8.76. The van der Waals surface area contributed by atoms with Gasteiger partial charge in [0.1, 0.15) is 6.54 Å². The van der Waals surface area contributed by atoms with Crippen molar-refractivity contribution < 1.29 is 27.4 Å². The fourth-order valence-corrected chi connectivity index (χ4v) is 3.31. The lowest BCUT2D eigenvalue weighted by molar-refractivity contribution is -0.439. The molecule has 7 heteroatoms. The molecule has 0 radical (unpaired) electrons. The van der Waals surface area contributed by atoms with Gasteiger partial charge in [-0.15, -0.1) is 0 Å². The number of hydrogen-bond acceptors (Lipinski definition) is 3. The van der Waals surface area contributed by atoms with Gasteiger partial charge in [-0.1, -0.05) is 0 Å². The summed E-state index contributed by atoms with van der Waals surface area (Å²) < 4.78 is 33.9. The highest BCUT2D eigenvalue weighted by Crippen LogP contribution is 2.40. The van der Waals surface area contributed by atoms with Gasteiger partial charge in [0.05, 0.1) is 16.7 Å². The molecule has 2 N–H and O–H groups in total. The molecule has 0 saturated carbocycles. The Balaban J connectivity index is 2.44. The minimum atomic E-state index is -4.24. The fraction of sp³-hybridized carbons (Fsp3) is 0.467. The molecule has 0 amide bonds. The fourth-order valence-electron chi connectivity index (χ4n) is 2.80. The summed E-state index contributed by atoms with van der Waals surface area (Å²) in [4.78, 5) is 10.5. The lowest BCUT2D eigenvalue weighted by Crippen LogP contribution is -2.27. The Kier molecular flexibility index (Phi) is 4.14. The van der Waals surface area contributed by atoms with Crippen LogP contribution in [0.1, 0.15) is 39.2 Å². The molecule has 22 heavy (non-hydrogen) atoms. The van der Waals surface area contributed by atoms with Gasteiger partial charge in [-0.2, -0.15) is 13.0 Å². The molecule has 1 aromatic carbocycles. The molecule has 1 aromatic rings. The minimum Gasteiger partial charge on any atom is -0.481 e. The maximum atomic E-state index is 11.3. The average molecular weight is 326 g/mol. The Morgan fingerprint density at radius 1 is 1.32 bits per heavy atom. The maximum Gasteiger partial charge on any atom is 0.303 e. The summed E-state index contributed by atoms with van der Waals surface area (Å²) >= 11 is 0. The lowest BCUT2D eigenvalue weighted by atomic mass is 9.82. The number of carboxylic acids is 1. The highest BCUT2D eigenvalue weighted by molar-refractivity contribution is 7.85. The van der Waals surface area contributed by atoms with Gasteiger partial charge in [0.15, 0.2) is 5.71 Å². The van der Waals surface area contributed by atoms with E-state index >= 15 is 0 Å². The highest BCUT2D eigenvalue weighted by atomic mass is 32.2. The molecule has 0 spiro atoms. The van der Waals surface area contributed by atoms with Crippen molar-refractivity contribution in [2.75, 3.05) is 6.54 Å². The van der Waals surface area contributed by atoms with Crippen molar-refractivity contribution in [3.63, 3.8) is 0 Å². The molecule has 0 fully saturated rings. The van der Waals surface area contributed by atoms with Crippen molar-refractivity contribution in [2.45, 2.75) is 43.9 Å². The Morgan fingerprint density at radius 3 is 2.50 bits per heavy atom. The van der Waals surface area contributed by atoms with Gasteiger partial charge in [-0.3, -0.25) is 9.35 Å². The molecule has 0 bridgehead atoms. The summed E-state index contributed by atoms with van der Waals surface area (Å²) in [5.74, 6) is -0.835. The molecule has 0 atom stereocenters. The van der Waals surface area contributed by atoms with E-state index in [0.29, 0.717) is 13.0 Å². The molecule has 1 aliphatic heterocycles. The summed E-state index contributed by atoms with van der Waals surface area (Å²) in [6.45, 7) is 6.46. The van der Waals surface area contributed by atoms with E-state index in [2.05, 4.69) is 0 Å². The number of aliphatic carboxylic acids is 1. The number of nitrogens with zero attached hydrogens (tertiary/aromatic N) is 1. The monoisotopic (exact) mass is 326 g/mol. The van der Waals surface area contributed by atoms with Crippen LogP contribution < -0.4 is 0 Å². The molecule has 6 nitrogen and oxygen atoms in total. The molecule has 120 valence electrons. The van der Waals surface area contributed by atoms with E-state index < -0.39 is 16.1 Å². The van der Waals surface area contributed by atoms with Crippen molar-refractivity contribution in [3.05, 3.63) is 23.8 Å². The van der Waals surface area contributed by atoms with E-state index in [-0.39, 0.29) is 16.7 Å². The normalized spacial score (nSPS) is 16.7. The molecule has 0 aliphatic carbocycles. The van der Waals surface area contributed by atoms with Crippen molar-refractivity contribution in [1.29, 1.82) is 0 Å². The summed E-state index contributed by atoms with van der Waals surface area (Å²) in [6.07, 6.45) is 0.588. The van der Waals surface area contributed by atoms with Crippen LogP contribution in [0.25, 0.3) is 0 Å². The Labute approximate surface area is 129 Å². The first kappa shape index (κ1) is 16.6. The second-order valence-electron chi connectivity index (χ2n) is 6.01. The topological polar surface area (TPSA) is 94.7 Å². The van der Waals surface area contributed by atoms with Crippen LogP contribution in [0, 0.1) is 0 Å². The molecule has 0 aromatic heterocycles. The van der Waals surface area contributed by atoms with Gasteiger partial charge >= 0.3 is 5.97 Å².